The third kappa shape index (κ3) is 4.07. The zero-order valence-electron chi connectivity index (χ0n) is 13.7. The van der Waals surface area contributed by atoms with Crippen LogP contribution < -0.4 is 17.0 Å². The maximum Gasteiger partial charge on any atom is 0.169 e. The van der Waals surface area contributed by atoms with Crippen LogP contribution in [0.3, 0.4) is 0 Å². The number of aryl methyl sites for hydroxylation is 3. The van der Waals surface area contributed by atoms with Gasteiger partial charge in [0.15, 0.2) is 14.7 Å². The standard InChI is InChI=1S/C21H21S.BrH/c1-16-10-13-20(14-11-16)22(19-7-5-4-6-8-19)21-15-17(2)9-12-18(21)3;/h4-15H,1-3H3;1H/q+1;/p-1. The van der Waals surface area contributed by atoms with Crippen molar-refractivity contribution >= 4 is 10.9 Å². The van der Waals surface area contributed by atoms with Crippen molar-refractivity contribution in [2.75, 3.05) is 0 Å². The molecule has 1 unspecified atom stereocenters. The molecular weight excluding hydrogens is 364 g/mol. The van der Waals surface area contributed by atoms with Gasteiger partial charge in [-0.2, -0.15) is 0 Å². The lowest BCUT2D eigenvalue weighted by Crippen LogP contribution is -3.00. The van der Waals surface area contributed by atoms with E-state index in [0.717, 1.165) is 0 Å². The van der Waals surface area contributed by atoms with E-state index in [0.29, 0.717) is 0 Å². The monoisotopic (exact) mass is 384 g/mol. The molecule has 23 heavy (non-hydrogen) atoms. The van der Waals surface area contributed by atoms with Gasteiger partial charge in [-0.3, -0.25) is 0 Å². The maximum absolute atomic E-state index is 2.34. The van der Waals surface area contributed by atoms with Crippen molar-refractivity contribution in [3.8, 4) is 0 Å². The largest absolute Gasteiger partial charge is 1.00 e. The van der Waals surface area contributed by atoms with E-state index >= 15 is 0 Å². The molecule has 0 aliphatic carbocycles. The molecule has 0 saturated heterocycles. The summed E-state index contributed by atoms with van der Waals surface area (Å²) in [6.07, 6.45) is 0. The summed E-state index contributed by atoms with van der Waals surface area (Å²) in [4.78, 5) is 4.18. The molecule has 0 spiro atoms. The Labute approximate surface area is 152 Å². The molecule has 0 saturated carbocycles. The van der Waals surface area contributed by atoms with E-state index in [1.54, 1.807) is 0 Å². The molecule has 0 bridgehead atoms. The molecule has 0 nitrogen and oxygen atoms in total. The summed E-state index contributed by atoms with van der Waals surface area (Å²) >= 11 is 0. The van der Waals surface area contributed by atoms with Gasteiger partial charge in [-0.15, -0.1) is 0 Å². The molecule has 2 heteroatoms. The molecule has 3 rings (SSSR count). The van der Waals surface area contributed by atoms with Crippen molar-refractivity contribution < 1.29 is 17.0 Å². The maximum atomic E-state index is 2.34. The highest BCUT2D eigenvalue weighted by atomic mass is 79.9. The van der Waals surface area contributed by atoms with Crippen molar-refractivity contribution in [3.05, 3.63) is 89.5 Å². The van der Waals surface area contributed by atoms with Crippen molar-refractivity contribution in [2.45, 2.75) is 35.5 Å². The minimum absolute atomic E-state index is 0. The molecule has 0 radical (unpaired) electrons. The van der Waals surface area contributed by atoms with Crippen molar-refractivity contribution in [1.82, 2.24) is 0 Å². The quantitative estimate of drug-likeness (QED) is 0.609. The Morgan fingerprint density at radius 1 is 0.609 bits per heavy atom. The first-order chi connectivity index (χ1) is 10.6. The van der Waals surface area contributed by atoms with Gasteiger partial charge in [-0.05, 0) is 56.7 Å². The predicted octanol–water partition coefficient (Wildman–Crippen LogP) is 2.71. The summed E-state index contributed by atoms with van der Waals surface area (Å²) in [7, 11) is -0.0448. The fourth-order valence-corrected chi connectivity index (χ4v) is 4.86. The summed E-state index contributed by atoms with van der Waals surface area (Å²) in [6, 6.07) is 26.6. The fourth-order valence-electron chi connectivity index (χ4n) is 2.55. The lowest BCUT2D eigenvalue weighted by atomic mass is 10.2. The zero-order chi connectivity index (χ0) is 15.5. The van der Waals surface area contributed by atoms with Crippen LogP contribution in [0.1, 0.15) is 16.7 Å². The number of hydrogen-bond acceptors (Lipinski definition) is 0. The van der Waals surface area contributed by atoms with E-state index in [9.17, 15) is 0 Å². The van der Waals surface area contributed by atoms with Gasteiger partial charge in [0.2, 0.25) is 0 Å². The molecule has 1 atom stereocenters. The second kappa shape index (κ2) is 7.85. The first-order valence-corrected chi connectivity index (χ1v) is 8.81. The van der Waals surface area contributed by atoms with Gasteiger partial charge in [0.25, 0.3) is 0 Å². The molecule has 0 amide bonds. The Hall–Kier alpha value is -1.51. The van der Waals surface area contributed by atoms with Crippen LogP contribution >= 0.6 is 0 Å². The first kappa shape index (κ1) is 17.8. The third-order valence-corrected chi connectivity index (χ3v) is 6.17. The van der Waals surface area contributed by atoms with E-state index in [4.69, 9.17) is 0 Å². The molecule has 0 fully saturated rings. The summed E-state index contributed by atoms with van der Waals surface area (Å²) in [6.45, 7) is 6.53. The molecule has 3 aromatic carbocycles. The van der Waals surface area contributed by atoms with Gasteiger partial charge in [0.05, 0.1) is 10.9 Å². The van der Waals surface area contributed by atoms with Crippen molar-refractivity contribution in [2.24, 2.45) is 0 Å². The minimum Gasteiger partial charge on any atom is -1.00 e. The highest BCUT2D eigenvalue weighted by Crippen LogP contribution is 2.33. The van der Waals surface area contributed by atoms with Crippen LogP contribution in [-0.2, 0) is 10.9 Å². The summed E-state index contributed by atoms with van der Waals surface area (Å²) < 4.78 is 0. The molecule has 0 aliphatic rings. The van der Waals surface area contributed by atoms with Gasteiger partial charge in [-0.1, -0.05) is 48.0 Å². The second-order valence-electron chi connectivity index (χ2n) is 5.70. The van der Waals surface area contributed by atoms with E-state index in [-0.39, 0.29) is 27.9 Å². The highest BCUT2D eigenvalue weighted by Gasteiger charge is 2.30. The van der Waals surface area contributed by atoms with Crippen LogP contribution in [-0.4, -0.2) is 0 Å². The Bertz CT molecular complexity index is 764. The van der Waals surface area contributed by atoms with Gasteiger partial charge >= 0.3 is 0 Å². The topological polar surface area (TPSA) is 0 Å². The smallest absolute Gasteiger partial charge is 0.169 e. The van der Waals surface area contributed by atoms with Crippen LogP contribution in [0.4, 0.5) is 0 Å². The molecule has 0 heterocycles. The molecule has 0 aromatic heterocycles. The Kier molecular flexibility index (Phi) is 6.09. The average molecular weight is 385 g/mol. The molecular formula is C21H21BrS. The fraction of sp³-hybridized carbons (Fsp3) is 0.143. The van der Waals surface area contributed by atoms with E-state index in [1.165, 1.54) is 31.4 Å². The van der Waals surface area contributed by atoms with Gasteiger partial charge < -0.3 is 17.0 Å². The molecule has 0 N–H and O–H groups in total. The molecule has 0 aliphatic heterocycles. The van der Waals surface area contributed by atoms with Gasteiger partial charge in [0.1, 0.15) is 0 Å². The first-order valence-electron chi connectivity index (χ1n) is 7.58. The average Bonchev–Trinajstić information content (AvgIpc) is 2.54. The highest BCUT2D eigenvalue weighted by molar-refractivity contribution is 7.97. The number of rotatable bonds is 3. The number of halogens is 1. The SMILES string of the molecule is Cc1ccc([S+](c2ccccc2)c2cc(C)ccc2C)cc1.[Br-]. The second-order valence-corrected chi connectivity index (χ2v) is 7.70. The third-order valence-electron chi connectivity index (χ3n) is 3.80. The predicted molar refractivity (Wildman–Crippen MR) is 95.7 cm³/mol. The molecule has 3 aromatic rings. The summed E-state index contributed by atoms with van der Waals surface area (Å²) in [5.74, 6) is 0. The summed E-state index contributed by atoms with van der Waals surface area (Å²) in [5, 5.41) is 0. The van der Waals surface area contributed by atoms with Gasteiger partial charge in [-0.25, -0.2) is 0 Å². The van der Waals surface area contributed by atoms with Crippen molar-refractivity contribution in [1.29, 1.82) is 0 Å². The number of benzene rings is 3. The Morgan fingerprint density at radius 3 is 1.83 bits per heavy atom. The summed E-state index contributed by atoms with van der Waals surface area (Å²) in [5.41, 5.74) is 3.99. The lowest BCUT2D eigenvalue weighted by molar-refractivity contribution is -0.00000461. The van der Waals surface area contributed by atoms with Gasteiger partial charge in [0, 0.05) is 5.56 Å². The minimum atomic E-state index is -0.0448. The number of hydrogen-bond donors (Lipinski definition) is 0. The van der Waals surface area contributed by atoms with Crippen molar-refractivity contribution in [3.63, 3.8) is 0 Å². The lowest BCUT2D eigenvalue weighted by Gasteiger charge is -2.11. The van der Waals surface area contributed by atoms with Crippen LogP contribution in [0.15, 0.2) is 87.5 Å². The molecule has 118 valence electrons. The Morgan fingerprint density at radius 2 is 1.17 bits per heavy atom. The van der Waals surface area contributed by atoms with Crippen LogP contribution in [0.5, 0.6) is 0 Å². The zero-order valence-corrected chi connectivity index (χ0v) is 16.1. The van der Waals surface area contributed by atoms with E-state index < -0.39 is 0 Å². The van der Waals surface area contributed by atoms with Crippen LogP contribution in [0, 0.1) is 20.8 Å². The van der Waals surface area contributed by atoms with Crippen LogP contribution in [0.2, 0.25) is 0 Å². The normalized spacial score (nSPS) is 11.6. The Balaban J connectivity index is 0.00000192. The van der Waals surface area contributed by atoms with E-state index in [1.807, 2.05) is 0 Å². The van der Waals surface area contributed by atoms with E-state index in [2.05, 4.69) is 93.6 Å². The van der Waals surface area contributed by atoms with Crippen LogP contribution in [0.25, 0.3) is 0 Å².